The molecule has 0 radical (unpaired) electrons. The predicted octanol–water partition coefficient (Wildman–Crippen LogP) is 10.5. The average Bonchev–Trinajstić information content (AvgIpc) is 2.93. The number of carboxylic acids is 2. The summed E-state index contributed by atoms with van der Waals surface area (Å²) in [6.07, 6.45) is 6.70. The zero-order chi connectivity index (χ0) is 38.7. The minimum absolute atomic E-state index is 0.225. The SMILES string of the molecule is CC(C)(C)C1=C(O)C(C)(C(C)(C)C)CC(CC(CCOCCOCCC(CC2=CC(C(C)(C)C)=C(O)C(C)(C(C)(C)C)C2)C(=O)O)C(=O)O)=C1. The first-order valence-corrected chi connectivity index (χ1v) is 18.4. The highest BCUT2D eigenvalue weighted by Crippen LogP contribution is 2.55. The van der Waals surface area contributed by atoms with Gasteiger partial charge in [-0.3, -0.25) is 9.59 Å². The van der Waals surface area contributed by atoms with Gasteiger partial charge in [0.1, 0.15) is 11.5 Å². The zero-order valence-corrected chi connectivity index (χ0v) is 33.8. The van der Waals surface area contributed by atoms with E-state index in [1.165, 1.54) is 0 Å². The second-order valence-electron chi connectivity index (χ2n) is 19.4. The minimum Gasteiger partial charge on any atom is -0.511 e. The Morgan fingerprint density at radius 3 is 1.16 bits per heavy atom. The summed E-state index contributed by atoms with van der Waals surface area (Å²) < 4.78 is 11.5. The summed E-state index contributed by atoms with van der Waals surface area (Å²) in [5.41, 5.74) is 1.75. The molecule has 0 aromatic heterocycles. The van der Waals surface area contributed by atoms with Crippen LogP contribution in [-0.4, -0.2) is 58.8 Å². The molecule has 0 saturated carbocycles. The van der Waals surface area contributed by atoms with Gasteiger partial charge in [-0.25, -0.2) is 0 Å². The van der Waals surface area contributed by atoms with Crippen LogP contribution in [0.1, 0.15) is 135 Å². The fourth-order valence-corrected chi connectivity index (χ4v) is 7.00. The third-order valence-corrected chi connectivity index (χ3v) is 11.6. The van der Waals surface area contributed by atoms with E-state index in [0.29, 0.717) is 50.0 Å². The largest absolute Gasteiger partial charge is 0.511 e. The van der Waals surface area contributed by atoms with Crippen LogP contribution in [0.15, 0.2) is 46.0 Å². The lowest BCUT2D eigenvalue weighted by Crippen LogP contribution is -2.39. The van der Waals surface area contributed by atoms with Crippen LogP contribution < -0.4 is 0 Å². The molecule has 286 valence electrons. The molecule has 0 aromatic carbocycles. The molecule has 4 unspecified atom stereocenters. The number of rotatable bonds is 15. The topological polar surface area (TPSA) is 134 Å². The molecule has 0 heterocycles. The Labute approximate surface area is 303 Å². The summed E-state index contributed by atoms with van der Waals surface area (Å²) in [5.74, 6) is -2.17. The van der Waals surface area contributed by atoms with Crippen molar-refractivity contribution in [2.24, 2.45) is 44.3 Å². The van der Waals surface area contributed by atoms with Gasteiger partial charge in [-0.15, -0.1) is 0 Å². The lowest BCUT2D eigenvalue weighted by molar-refractivity contribution is -0.143. The van der Waals surface area contributed by atoms with Crippen LogP contribution in [-0.2, 0) is 19.1 Å². The van der Waals surface area contributed by atoms with Crippen LogP contribution in [0.4, 0.5) is 0 Å². The molecule has 2 rings (SSSR count). The maximum atomic E-state index is 12.3. The Morgan fingerprint density at radius 1 is 0.620 bits per heavy atom. The molecule has 4 N–H and O–H groups in total. The second kappa shape index (κ2) is 16.0. The fraction of sp³-hybridized carbons (Fsp3) is 0.762. The molecule has 0 aliphatic heterocycles. The van der Waals surface area contributed by atoms with Crippen molar-refractivity contribution in [2.75, 3.05) is 26.4 Å². The molecule has 2 aliphatic rings. The summed E-state index contributed by atoms with van der Waals surface area (Å²) in [6.45, 7) is 30.3. The molecule has 0 bridgehead atoms. The summed E-state index contributed by atoms with van der Waals surface area (Å²) in [5, 5.41) is 42.8. The summed E-state index contributed by atoms with van der Waals surface area (Å²) >= 11 is 0. The van der Waals surface area contributed by atoms with E-state index in [-0.39, 0.29) is 48.1 Å². The second-order valence-corrected chi connectivity index (χ2v) is 19.4. The molecule has 50 heavy (non-hydrogen) atoms. The van der Waals surface area contributed by atoms with Crippen molar-refractivity contribution < 1.29 is 39.5 Å². The molecular formula is C42H70O8. The maximum Gasteiger partial charge on any atom is 0.306 e. The number of ether oxygens (including phenoxy) is 2. The van der Waals surface area contributed by atoms with Crippen molar-refractivity contribution in [3.63, 3.8) is 0 Å². The standard InChI is InChI=1S/C42H70O8/c1-37(2,3)31-23-27(25-41(13,33(31)43)39(7,8)9)21-29(35(45)46)15-17-49-19-20-50-18-16-30(36(47)48)22-28-24-32(38(4,5)6)34(44)42(14,26-28)40(10,11)12/h23-24,29-30,43-44H,15-22,25-26H2,1-14H3,(H,45,46)(H,47,48). The van der Waals surface area contributed by atoms with Gasteiger partial charge in [-0.05, 0) is 71.3 Å². The Balaban J connectivity index is 1.94. The number of carbonyl (C=O) groups is 2. The number of carboxylic acid groups (broad SMARTS) is 2. The van der Waals surface area contributed by atoms with Crippen LogP contribution >= 0.6 is 0 Å². The molecule has 0 amide bonds. The number of hydrogen-bond donors (Lipinski definition) is 4. The highest BCUT2D eigenvalue weighted by molar-refractivity contribution is 5.71. The van der Waals surface area contributed by atoms with Gasteiger partial charge in [0.15, 0.2) is 0 Å². The van der Waals surface area contributed by atoms with Gasteiger partial charge in [0.25, 0.3) is 0 Å². The Morgan fingerprint density at radius 2 is 0.920 bits per heavy atom. The van der Waals surface area contributed by atoms with Crippen LogP contribution in [0.25, 0.3) is 0 Å². The van der Waals surface area contributed by atoms with E-state index in [9.17, 15) is 30.0 Å². The van der Waals surface area contributed by atoms with Crippen molar-refractivity contribution in [1.29, 1.82) is 0 Å². The van der Waals surface area contributed by atoms with Crippen molar-refractivity contribution in [3.8, 4) is 0 Å². The Bertz CT molecular complexity index is 1250. The van der Waals surface area contributed by atoms with Gasteiger partial charge in [0.2, 0.25) is 0 Å². The van der Waals surface area contributed by atoms with E-state index in [4.69, 9.17) is 9.47 Å². The molecule has 0 aromatic rings. The first kappa shape index (κ1) is 43.6. The fourth-order valence-electron chi connectivity index (χ4n) is 7.00. The van der Waals surface area contributed by atoms with Gasteiger partial charge in [-0.1, -0.05) is 120 Å². The van der Waals surface area contributed by atoms with E-state index in [1.807, 2.05) is 12.2 Å². The molecular weight excluding hydrogens is 632 g/mol. The predicted molar refractivity (Wildman–Crippen MR) is 201 cm³/mol. The van der Waals surface area contributed by atoms with Gasteiger partial charge in [-0.2, -0.15) is 0 Å². The van der Waals surface area contributed by atoms with Crippen LogP contribution in [0.3, 0.4) is 0 Å². The number of aliphatic carboxylic acids is 2. The van der Waals surface area contributed by atoms with Crippen molar-refractivity contribution in [3.05, 3.63) is 46.0 Å². The third-order valence-electron chi connectivity index (χ3n) is 11.6. The van der Waals surface area contributed by atoms with E-state index < -0.39 is 34.6 Å². The van der Waals surface area contributed by atoms with Crippen molar-refractivity contribution >= 4 is 11.9 Å². The maximum absolute atomic E-state index is 12.3. The van der Waals surface area contributed by atoms with Gasteiger partial charge in [0, 0.05) is 24.0 Å². The molecule has 8 heteroatoms. The van der Waals surface area contributed by atoms with E-state index in [2.05, 4.69) is 96.9 Å². The normalized spacial score (nSPS) is 23.8. The molecule has 2 aliphatic carbocycles. The Hall–Kier alpha value is -2.58. The van der Waals surface area contributed by atoms with Crippen molar-refractivity contribution in [1.82, 2.24) is 0 Å². The van der Waals surface area contributed by atoms with E-state index in [1.54, 1.807) is 0 Å². The third kappa shape index (κ3) is 10.5. The number of aliphatic hydroxyl groups excluding tert-OH is 2. The molecule has 8 nitrogen and oxygen atoms in total. The summed E-state index contributed by atoms with van der Waals surface area (Å²) in [4.78, 5) is 24.5. The minimum atomic E-state index is -0.866. The summed E-state index contributed by atoms with van der Waals surface area (Å²) in [6, 6.07) is 0. The van der Waals surface area contributed by atoms with Crippen LogP contribution in [0, 0.1) is 44.3 Å². The molecule has 0 fully saturated rings. The van der Waals surface area contributed by atoms with E-state index >= 15 is 0 Å². The Kier molecular flexibility index (Phi) is 13.9. The van der Waals surface area contributed by atoms with E-state index in [0.717, 1.165) is 22.3 Å². The average molecular weight is 703 g/mol. The zero-order valence-electron chi connectivity index (χ0n) is 33.8. The first-order chi connectivity index (χ1) is 22.6. The van der Waals surface area contributed by atoms with Gasteiger partial charge >= 0.3 is 11.9 Å². The molecule has 0 saturated heterocycles. The monoisotopic (exact) mass is 703 g/mol. The first-order valence-electron chi connectivity index (χ1n) is 18.4. The number of allylic oxidation sites excluding steroid dienone is 8. The smallest absolute Gasteiger partial charge is 0.306 e. The number of hydrogen-bond acceptors (Lipinski definition) is 6. The lowest BCUT2D eigenvalue weighted by atomic mass is 9.58. The highest BCUT2D eigenvalue weighted by atomic mass is 16.5. The van der Waals surface area contributed by atoms with Crippen molar-refractivity contribution in [2.45, 2.75) is 135 Å². The molecule has 0 spiro atoms. The quantitative estimate of drug-likeness (QED) is 0.124. The van der Waals surface area contributed by atoms with Gasteiger partial charge in [0.05, 0.1) is 25.0 Å². The summed E-state index contributed by atoms with van der Waals surface area (Å²) in [7, 11) is 0. The number of aliphatic hydroxyl groups is 2. The lowest BCUT2D eigenvalue weighted by Gasteiger charge is -2.46. The molecule has 4 atom stereocenters. The van der Waals surface area contributed by atoms with Crippen LogP contribution in [0.2, 0.25) is 0 Å². The van der Waals surface area contributed by atoms with Gasteiger partial charge < -0.3 is 29.9 Å². The highest BCUT2D eigenvalue weighted by Gasteiger charge is 2.48. The van der Waals surface area contributed by atoms with Crippen LogP contribution in [0.5, 0.6) is 0 Å².